The first kappa shape index (κ1) is 24.2. The molecule has 0 spiro atoms. The molecule has 1 fully saturated rings. The Kier molecular flexibility index (Phi) is 6.88. The first-order valence-corrected chi connectivity index (χ1v) is 11.7. The van der Waals surface area contributed by atoms with Crippen LogP contribution < -0.4 is 9.96 Å². The summed E-state index contributed by atoms with van der Waals surface area (Å²) in [6, 6.07) is 2.04. The molecule has 2 rings (SSSR count). The van der Waals surface area contributed by atoms with Crippen molar-refractivity contribution in [1.82, 2.24) is 4.65 Å². The average molecular weight is 477 g/mol. The van der Waals surface area contributed by atoms with E-state index in [-0.39, 0.29) is 36.3 Å². The van der Waals surface area contributed by atoms with Crippen LogP contribution >= 0.6 is 23.4 Å². The van der Waals surface area contributed by atoms with E-state index in [2.05, 4.69) is 0 Å². The number of sulfone groups is 1. The van der Waals surface area contributed by atoms with Crippen LogP contribution in [0.15, 0.2) is 17.0 Å². The number of quaternary nitrogens is 1. The number of halogens is 4. The van der Waals surface area contributed by atoms with E-state index in [1.807, 2.05) is 5.32 Å². The molecule has 0 aliphatic carbocycles. The highest BCUT2D eigenvalue weighted by Crippen LogP contribution is 2.44. The van der Waals surface area contributed by atoms with E-state index in [1.165, 1.54) is 18.7 Å². The number of alkyl halides is 3. The fourth-order valence-corrected chi connectivity index (χ4v) is 5.29. The normalized spacial score (nSPS) is 19.4. The molecule has 0 radical (unpaired) electrons. The first-order valence-electron chi connectivity index (χ1n) is 8.49. The van der Waals surface area contributed by atoms with Crippen LogP contribution in [0, 0.1) is 5.21 Å². The maximum Gasteiger partial charge on any atom is 0.426 e. The largest absolute Gasteiger partial charge is 0.627 e. The van der Waals surface area contributed by atoms with Crippen molar-refractivity contribution < 1.29 is 31.5 Å². The zero-order valence-corrected chi connectivity index (χ0v) is 17.9. The number of aliphatic hydroxyl groups is 1. The molecule has 0 saturated carbocycles. The molecular weight excluding hydrogens is 457 g/mol. The van der Waals surface area contributed by atoms with Crippen molar-refractivity contribution in [1.29, 1.82) is 0 Å². The molecule has 1 unspecified atom stereocenters. The predicted octanol–water partition coefficient (Wildman–Crippen LogP) is 2.94. The van der Waals surface area contributed by atoms with Crippen molar-refractivity contribution in [2.45, 2.75) is 30.5 Å². The van der Waals surface area contributed by atoms with Crippen LogP contribution in [0.3, 0.4) is 0 Å². The van der Waals surface area contributed by atoms with Gasteiger partial charge in [0.15, 0.2) is 15.5 Å². The van der Waals surface area contributed by atoms with Gasteiger partial charge in [-0.2, -0.15) is 24.9 Å². The van der Waals surface area contributed by atoms with Crippen LogP contribution in [-0.2, 0) is 14.6 Å². The number of nitrogens with one attached hydrogen (secondary N) is 1. The summed E-state index contributed by atoms with van der Waals surface area (Å²) >= 11 is 7.75. The average Bonchev–Trinajstić information content (AvgIpc) is 2.62. The molecule has 1 aromatic carbocycles. The first-order chi connectivity index (χ1) is 13.2. The van der Waals surface area contributed by atoms with Gasteiger partial charge in [0, 0.05) is 11.5 Å². The molecule has 29 heavy (non-hydrogen) atoms. The lowest BCUT2D eigenvalue weighted by Gasteiger charge is -2.45. The van der Waals surface area contributed by atoms with Gasteiger partial charge in [-0.3, -0.25) is 4.79 Å². The summed E-state index contributed by atoms with van der Waals surface area (Å²) in [7, 11) is -3.88. The Balaban J connectivity index is 2.61. The van der Waals surface area contributed by atoms with Crippen molar-refractivity contribution >= 4 is 50.5 Å². The predicted molar refractivity (Wildman–Crippen MR) is 107 cm³/mol. The fraction of sp³-hybridized carbons (Fsp3) is 0.562. The molecule has 1 saturated heterocycles. The number of anilines is 1. The van der Waals surface area contributed by atoms with Gasteiger partial charge in [-0.15, -0.1) is 0 Å². The Labute approximate surface area is 175 Å². The molecule has 1 heterocycles. The zero-order chi connectivity index (χ0) is 22.3. The highest BCUT2D eigenvalue weighted by molar-refractivity contribution is 7.99. The third-order valence-electron chi connectivity index (χ3n) is 4.64. The number of thioether (sulfide) groups is 1. The summed E-state index contributed by atoms with van der Waals surface area (Å²) in [6.07, 6.45) is -5.26. The van der Waals surface area contributed by atoms with Gasteiger partial charge in [-0.25, -0.2) is 8.42 Å². The van der Waals surface area contributed by atoms with Crippen LogP contribution in [0.25, 0.3) is 0 Å². The van der Waals surface area contributed by atoms with Gasteiger partial charge in [0.25, 0.3) is 5.91 Å². The summed E-state index contributed by atoms with van der Waals surface area (Å²) in [5.74, 6) is -1.26. The lowest BCUT2D eigenvalue weighted by atomic mass is 10.1. The molecule has 1 aliphatic heterocycles. The van der Waals surface area contributed by atoms with E-state index < -0.39 is 42.9 Å². The highest BCUT2D eigenvalue weighted by Gasteiger charge is 2.56. The van der Waals surface area contributed by atoms with Crippen molar-refractivity contribution in [3.63, 3.8) is 0 Å². The molecular formula is C16H20ClF3N2O5S2. The van der Waals surface area contributed by atoms with Gasteiger partial charge < -0.3 is 20.3 Å². The van der Waals surface area contributed by atoms with Crippen molar-refractivity contribution in [3.8, 4) is 0 Å². The Morgan fingerprint density at radius 3 is 2.38 bits per heavy atom. The minimum Gasteiger partial charge on any atom is -0.627 e. The Morgan fingerprint density at radius 1 is 1.34 bits per heavy atom. The van der Waals surface area contributed by atoms with E-state index in [4.69, 9.17) is 11.6 Å². The molecule has 2 N–H and O–H groups in total. The molecule has 164 valence electrons. The molecule has 7 nitrogen and oxygen atoms in total. The smallest absolute Gasteiger partial charge is 0.426 e. The van der Waals surface area contributed by atoms with Gasteiger partial charge >= 0.3 is 6.18 Å². The number of carbonyl (C=O) groups excluding carboxylic acids is 1. The minimum atomic E-state index is -5.26. The monoisotopic (exact) mass is 476 g/mol. The quantitative estimate of drug-likeness (QED) is 0.500. The Morgan fingerprint density at radius 2 is 1.90 bits per heavy atom. The molecule has 0 bridgehead atoms. The van der Waals surface area contributed by atoms with Crippen LogP contribution in [0.5, 0.6) is 0 Å². The van der Waals surface area contributed by atoms with Gasteiger partial charge in [-0.1, -0.05) is 18.5 Å². The number of hydroxylamine groups is 2. The third kappa shape index (κ3) is 4.67. The SMILES string of the molecule is CCS(=O)(=O)c1ccc(NC(=O)C(C)(O)C(F)(F)F)c(Cl)c1[N+]1([O-])CCSCC1. The molecule has 1 aromatic rings. The molecule has 1 aliphatic rings. The van der Waals surface area contributed by atoms with E-state index in [9.17, 15) is 36.7 Å². The molecule has 13 heteroatoms. The van der Waals surface area contributed by atoms with Gasteiger partial charge in [0.1, 0.15) is 9.92 Å². The number of hydrogen-bond acceptors (Lipinski definition) is 6. The highest BCUT2D eigenvalue weighted by atomic mass is 35.5. The second kappa shape index (κ2) is 8.23. The Hall–Kier alpha value is -1.05. The fourth-order valence-electron chi connectivity index (χ4n) is 2.66. The van der Waals surface area contributed by atoms with Crippen LogP contribution in [-0.4, -0.2) is 61.6 Å². The molecule has 1 amide bonds. The topological polar surface area (TPSA) is 107 Å². The number of nitrogens with zero attached hydrogens (tertiary/aromatic N) is 1. The van der Waals surface area contributed by atoms with Gasteiger partial charge in [-0.05, 0) is 19.1 Å². The second-order valence-corrected chi connectivity index (χ2v) is 10.5. The van der Waals surface area contributed by atoms with E-state index in [0.29, 0.717) is 11.5 Å². The number of amides is 1. The summed E-state index contributed by atoms with van der Waals surface area (Å²) in [4.78, 5) is 11.7. The zero-order valence-electron chi connectivity index (χ0n) is 15.5. The summed E-state index contributed by atoms with van der Waals surface area (Å²) < 4.78 is 62.6. The summed E-state index contributed by atoms with van der Waals surface area (Å²) in [6.45, 7) is 1.67. The van der Waals surface area contributed by atoms with Gasteiger partial charge in [0.2, 0.25) is 5.60 Å². The van der Waals surface area contributed by atoms with Crippen LogP contribution in [0.4, 0.5) is 24.5 Å². The number of carbonyl (C=O) groups is 1. The minimum absolute atomic E-state index is 0.00822. The van der Waals surface area contributed by atoms with Crippen LogP contribution in [0.2, 0.25) is 5.02 Å². The summed E-state index contributed by atoms with van der Waals surface area (Å²) in [5.41, 5.74) is -4.42. The van der Waals surface area contributed by atoms with E-state index >= 15 is 0 Å². The van der Waals surface area contributed by atoms with Gasteiger partial charge in [0.05, 0.1) is 24.5 Å². The third-order valence-corrected chi connectivity index (χ3v) is 7.72. The lowest BCUT2D eigenvalue weighted by Crippen LogP contribution is -2.52. The van der Waals surface area contributed by atoms with E-state index in [0.717, 1.165) is 12.1 Å². The number of rotatable bonds is 5. The van der Waals surface area contributed by atoms with Crippen molar-refractivity contribution in [2.24, 2.45) is 0 Å². The van der Waals surface area contributed by atoms with E-state index in [1.54, 1.807) is 0 Å². The number of hydrogen-bond donors (Lipinski definition) is 2. The van der Waals surface area contributed by atoms with Crippen molar-refractivity contribution in [2.75, 3.05) is 35.7 Å². The number of benzene rings is 1. The maximum absolute atomic E-state index is 13.4. The standard InChI is InChI=1S/C16H20ClF3N2O5S2/c1-3-29(26,27)11-5-4-10(21-14(23)15(2,24)16(18,19)20)12(17)13(11)22(25)6-8-28-9-7-22/h4-5,24H,3,6-9H2,1-2H3,(H,21,23). The van der Waals surface area contributed by atoms with Crippen LogP contribution in [0.1, 0.15) is 13.8 Å². The molecule has 0 aromatic heterocycles. The van der Waals surface area contributed by atoms with Crippen molar-refractivity contribution in [3.05, 3.63) is 22.4 Å². The Bertz CT molecular complexity index is 901. The molecule has 1 atom stereocenters. The lowest BCUT2D eigenvalue weighted by molar-refractivity contribution is -0.242. The summed E-state index contributed by atoms with van der Waals surface area (Å²) in [5, 5.41) is 24.3. The maximum atomic E-state index is 13.4. The second-order valence-electron chi connectivity index (χ2n) is 6.65.